The van der Waals surface area contributed by atoms with Gasteiger partial charge in [-0.05, 0) is 25.7 Å². The molecule has 122 valence electrons. The highest BCUT2D eigenvalue weighted by Gasteiger charge is 2.48. The van der Waals surface area contributed by atoms with Crippen molar-refractivity contribution in [1.82, 2.24) is 15.1 Å². The Labute approximate surface area is 129 Å². The summed E-state index contributed by atoms with van der Waals surface area (Å²) in [5, 5.41) is 12.1. The van der Waals surface area contributed by atoms with Crippen molar-refractivity contribution in [2.45, 2.75) is 62.3 Å². The zero-order valence-electron chi connectivity index (χ0n) is 12.7. The van der Waals surface area contributed by atoms with E-state index >= 15 is 0 Å². The summed E-state index contributed by atoms with van der Waals surface area (Å²) in [6, 6.07) is 0.877. The molecule has 4 saturated heterocycles. The zero-order chi connectivity index (χ0) is 15.3. The number of alkyl carbamates (subject to hydrolysis) is 1. The number of likely N-dealkylation sites (tertiary alicyclic amines) is 1. The van der Waals surface area contributed by atoms with Crippen LogP contribution in [0, 0.1) is 0 Å². The SMILES string of the molecule is O=C1NCC2(CCN(C3CC4CCC(C3)N4C(=O)O)CC2)O1. The minimum absolute atomic E-state index is 0.197. The molecule has 0 aliphatic carbocycles. The summed E-state index contributed by atoms with van der Waals surface area (Å²) in [5.74, 6) is 0. The topological polar surface area (TPSA) is 82.1 Å². The molecule has 4 rings (SSSR count). The first kappa shape index (κ1) is 14.1. The molecule has 0 aromatic rings. The largest absolute Gasteiger partial charge is 0.465 e. The minimum atomic E-state index is -0.757. The molecule has 7 heteroatoms. The van der Waals surface area contributed by atoms with E-state index in [0.29, 0.717) is 12.6 Å². The monoisotopic (exact) mass is 309 g/mol. The Bertz CT molecular complexity index is 475. The fourth-order valence-corrected chi connectivity index (χ4v) is 4.84. The number of carbonyl (C=O) groups excluding carboxylic acids is 1. The number of hydrogen-bond donors (Lipinski definition) is 2. The van der Waals surface area contributed by atoms with Gasteiger partial charge in [-0.3, -0.25) is 4.90 Å². The van der Waals surface area contributed by atoms with Crippen LogP contribution < -0.4 is 5.32 Å². The number of ether oxygens (including phenoxy) is 1. The lowest BCUT2D eigenvalue weighted by molar-refractivity contribution is -0.0234. The highest BCUT2D eigenvalue weighted by Crippen LogP contribution is 2.39. The Kier molecular flexibility index (Phi) is 3.21. The van der Waals surface area contributed by atoms with Crippen molar-refractivity contribution in [3.05, 3.63) is 0 Å². The van der Waals surface area contributed by atoms with Crippen molar-refractivity contribution in [3.63, 3.8) is 0 Å². The highest BCUT2D eigenvalue weighted by atomic mass is 16.6. The summed E-state index contributed by atoms with van der Waals surface area (Å²) in [5.41, 5.74) is -0.297. The van der Waals surface area contributed by atoms with Crippen LogP contribution in [-0.2, 0) is 4.74 Å². The van der Waals surface area contributed by atoms with Gasteiger partial charge in [0, 0.05) is 44.1 Å². The molecule has 1 spiro atoms. The minimum Gasteiger partial charge on any atom is -0.465 e. The van der Waals surface area contributed by atoms with E-state index in [2.05, 4.69) is 10.2 Å². The second kappa shape index (κ2) is 5.01. The number of carboxylic acid groups (broad SMARTS) is 1. The number of carbonyl (C=O) groups is 2. The van der Waals surface area contributed by atoms with Crippen LogP contribution >= 0.6 is 0 Å². The maximum absolute atomic E-state index is 11.4. The molecule has 7 nitrogen and oxygen atoms in total. The van der Waals surface area contributed by atoms with Gasteiger partial charge in [-0.1, -0.05) is 0 Å². The second-order valence-corrected chi connectivity index (χ2v) is 7.16. The van der Waals surface area contributed by atoms with Crippen LogP contribution in [-0.4, -0.2) is 70.5 Å². The Hall–Kier alpha value is -1.50. The van der Waals surface area contributed by atoms with E-state index in [1.807, 2.05) is 0 Å². The quantitative estimate of drug-likeness (QED) is 0.761. The molecule has 4 aliphatic heterocycles. The first-order valence-corrected chi connectivity index (χ1v) is 8.28. The Balaban J connectivity index is 1.37. The van der Waals surface area contributed by atoms with Crippen LogP contribution in [0.25, 0.3) is 0 Å². The normalized spacial score (nSPS) is 37.2. The highest BCUT2D eigenvalue weighted by molar-refractivity contribution is 5.70. The summed E-state index contributed by atoms with van der Waals surface area (Å²) in [6.45, 7) is 2.50. The first-order chi connectivity index (χ1) is 10.6. The molecule has 4 aliphatic rings. The van der Waals surface area contributed by atoms with Crippen molar-refractivity contribution >= 4 is 12.2 Å². The Morgan fingerprint density at radius 3 is 2.32 bits per heavy atom. The third-order valence-corrected chi connectivity index (χ3v) is 6.02. The van der Waals surface area contributed by atoms with E-state index in [4.69, 9.17) is 4.74 Å². The lowest BCUT2D eigenvalue weighted by atomic mass is 9.88. The fraction of sp³-hybridized carbons (Fsp3) is 0.867. The molecule has 2 unspecified atom stereocenters. The van der Waals surface area contributed by atoms with Gasteiger partial charge < -0.3 is 20.1 Å². The van der Waals surface area contributed by atoms with Crippen LogP contribution in [0.5, 0.6) is 0 Å². The predicted octanol–water partition coefficient (Wildman–Crippen LogP) is 1.23. The van der Waals surface area contributed by atoms with Gasteiger partial charge in [-0.15, -0.1) is 0 Å². The standard InChI is InChI=1S/C15H23N3O4/c19-13-16-9-15(22-13)3-5-17(6-4-15)12-7-10-1-2-11(8-12)18(10)14(20)21/h10-12H,1-9H2,(H,16,19)(H,20,21). The van der Waals surface area contributed by atoms with Gasteiger partial charge in [-0.2, -0.15) is 0 Å². The molecule has 0 aromatic heterocycles. The van der Waals surface area contributed by atoms with Crippen LogP contribution in [0.3, 0.4) is 0 Å². The summed E-state index contributed by atoms with van der Waals surface area (Å²) >= 11 is 0. The van der Waals surface area contributed by atoms with Crippen LogP contribution in [0.1, 0.15) is 38.5 Å². The van der Waals surface area contributed by atoms with Gasteiger partial charge in [0.25, 0.3) is 0 Å². The lowest BCUT2D eigenvalue weighted by Crippen LogP contribution is -2.55. The van der Waals surface area contributed by atoms with E-state index in [1.165, 1.54) is 0 Å². The average Bonchev–Trinajstić information content (AvgIpc) is 2.98. The third kappa shape index (κ3) is 2.22. The van der Waals surface area contributed by atoms with Gasteiger partial charge in [0.1, 0.15) is 5.60 Å². The average molecular weight is 309 g/mol. The van der Waals surface area contributed by atoms with Gasteiger partial charge >= 0.3 is 12.2 Å². The number of fused-ring (bicyclic) bond motifs is 2. The molecular weight excluding hydrogens is 286 g/mol. The van der Waals surface area contributed by atoms with E-state index in [9.17, 15) is 14.7 Å². The number of nitrogens with one attached hydrogen (secondary N) is 1. The summed E-state index contributed by atoms with van der Waals surface area (Å²) < 4.78 is 5.47. The molecule has 4 fully saturated rings. The fourth-order valence-electron chi connectivity index (χ4n) is 4.84. The summed E-state index contributed by atoms with van der Waals surface area (Å²) in [4.78, 5) is 26.8. The lowest BCUT2D eigenvalue weighted by Gasteiger charge is -2.45. The van der Waals surface area contributed by atoms with Gasteiger partial charge in [0.2, 0.25) is 0 Å². The third-order valence-electron chi connectivity index (χ3n) is 6.02. The number of rotatable bonds is 1. The number of piperidine rings is 2. The van der Waals surface area contributed by atoms with Crippen LogP contribution in [0.15, 0.2) is 0 Å². The van der Waals surface area contributed by atoms with Crippen molar-refractivity contribution < 1.29 is 19.4 Å². The molecule has 0 saturated carbocycles. The van der Waals surface area contributed by atoms with E-state index in [0.717, 1.165) is 51.6 Å². The van der Waals surface area contributed by atoms with Gasteiger partial charge in [0.15, 0.2) is 0 Å². The van der Waals surface area contributed by atoms with E-state index in [-0.39, 0.29) is 23.8 Å². The van der Waals surface area contributed by atoms with Crippen molar-refractivity contribution in [2.75, 3.05) is 19.6 Å². The molecule has 2 bridgehead atoms. The number of nitrogens with zero attached hydrogens (tertiary/aromatic N) is 2. The van der Waals surface area contributed by atoms with Crippen molar-refractivity contribution in [2.24, 2.45) is 0 Å². The molecule has 2 N–H and O–H groups in total. The molecular formula is C15H23N3O4. The van der Waals surface area contributed by atoms with Gasteiger partial charge in [0.05, 0.1) is 6.54 Å². The number of amides is 2. The molecule has 2 atom stereocenters. The van der Waals surface area contributed by atoms with Crippen LogP contribution in [0.2, 0.25) is 0 Å². The maximum Gasteiger partial charge on any atom is 0.407 e. The van der Waals surface area contributed by atoms with E-state index in [1.54, 1.807) is 4.90 Å². The summed E-state index contributed by atoms with van der Waals surface area (Å²) in [7, 11) is 0. The molecule has 22 heavy (non-hydrogen) atoms. The first-order valence-electron chi connectivity index (χ1n) is 8.28. The van der Waals surface area contributed by atoms with E-state index < -0.39 is 6.09 Å². The van der Waals surface area contributed by atoms with Crippen molar-refractivity contribution in [3.8, 4) is 0 Å². The van der Waals surface area contributed by atoms with Crippen LogP contribution in [0.4, 0.5) is 9.59 Å². The van der Waals surface area contributed by atoms with Gasteiger partial charge in [-0.25, -0.2) is 9.59 Å². The zero-order valence-corrected chi connectivity index (χ0v) is 12.7. The molecule has 4 heterocycles. The maximum atomic E-state index is 11.4. The summed E-state index contributed by atoms with van der Waals surface area (Å²) in [6.07, 6.45) is 4.62. The predicted molar refractivity (Wildman–Crippen MR) is 77.7 cm³/mol. The Morgan fingerprint density at radius 2 is 1.82 bits per heavy atom. The molecule has 0 radical (unpaired) electrons. The second-order valence-electron chi connectivity index (χ2n) is 7.16. The number of hydrogen-bond acceptors (Lipinski definition) is 4. The van der Waals surface area contributed by atoms with Crippen molar-refractivity contribution in [1.29, 1.82) is 0 Å². The smallest absolute Gasteiger partial charge is 0.407 e. The molecule has 2 amide bonds. The molecule has 0 aromatic carbocycles. The Morgan fingerprint density at radius 1 is 1.18 bits per heavy atom.